The van der Waals surface area contributed by atoms with Crippen LogP contribution in [0.5, 0.6) is 0 Å². The number of aryl methyl sites for hydroxylation is 1. The zero-order chi connectivity index (χ0) is 9.68. The number of ether oxygens (including phenoxy) is 1. The molecule has 0 saturated heterocycles. The Labute approximate surface area is 76.3 Å². The van der Waals surface area contributed by atoms with Crippen molar-refractivity contribution in [2.24, 2.45) is 0 Å². The number of H-pyrrole nitrogens is 1. The zero-order valence-corrected chi connectivity index (χ0v) is 7.53. The molecule has 0 amide bonds. The molecule has 0 fully saturated rings. The van der Waals surface area contributed by atoms with E-state index in [1.54, 1.807) is 6.92 Å². The molecule has 5 heteroatoms. The maximum Gasteiger partial charge on any atom is 0.265 e. The predicted octanol–water partition coefficient (Wildman–Crippen LogP) is 1.37. The van der Waals surface area contributed by atoms with Gasteiger partial charge in [-0.05, 0) is 13.8 Å². The van der Waals surface area contributed by atoms with E-state index in [1.807, 2.05) is 6.92 Å². The van der Waals surface area contributed by atoms with Gasteiger partial charge in [-0.2, -0.15) is 5.10 Å². The quantitative estimate of drug-likeness (QED) is 0.561. The fourth-order valence-corrected chi connectivity index (χ4v) is 0.749. The molecule has 0 bridgehead atoms. The van der Waals surface area contributed by atoms with Gasteiger partial charge in [-0.25, -0.2) is 9.83 Å². The Morgan fingerprint density at radius 2 is 2.54 bits per heavy atom. The molecule has 0 atom stereocenters. The molecule has 0 aliphatic heterocycles. The van der Waals surface area contributed by atoms with Crippen molar-refractivity contribution in [3.63, 3.8) is 0 Å². The van der Waals surface area contributed by atoms with E-state index in [1.165, 1.54) is 6.26 Å². The van der Waals surface area contributed by atoms with E-state index in [9.17, 15) is 0 Å². The number of hydrogen-bond acceptors (Lipinski definition) is 3. The van der Waals surface area contributed by atoms with Crippen LogP contribution >= 0.6 is 0 Å². The zero-order valence-electron chi connectivity index (χ0n) is 7.53. The maximum atomic E-state index is 6.87. The summed E-state index contributed by atoms with van der Waals surface area (Å²) in [7, 11) is 0. The number of hydrogen-bond donors (Lipinski definition) is 1. The third-order valence-electron chi connectivity index (χ3n) is 1.31. The molecule has 68 valence electrons. The van der Waals surface area contributed by atoms with Crippen molar-refractivity contribution < 1.29 is 4.74 Å². The van der Waals surface area contributed by atoms with Gasteiger partial charge in [0.05, 0.1) is 19.4 Å². The van der Waals surface area contributed by atoms with Gasteiger partial charge < -0.3 is 4.74 Å². The molecule has 1 rings (SSSR count). The predicted molar refractivity (Wildman–Crippen MR) is 47.3 cm³/mol. The minimum Gasteiger partial charge on any atom is -0.512 e. The van der Waals surface area contributed by atoms with Gasteiger partial charge in [-0.15, -0.1) is 0 Å². The summed E-state index contributed by atoms with van der Waals surface area (Å²) in [6.07, 6.45) is 1.37. The fraction of sp³-hybridized carbons (Fsp3) is 0.375. The first-order valence-corrected chi connectivity index (χ1v) is 3.86. The Morgan fingerprint density at radius 3 is 3.00 bits per heavy atom. The molecule has 1 heterocycles. The van der Waals surface area contributed by atoms with Crippen molar-refractivity contribution in [1.29, 1.82) is 0 Å². The van der Waals surface area contributed by atoms with Gasteiger partial charge in [0.15, 0.2) is 5.82 Å². The lowest BCUT2D eigenvalue weighted by molar-refractivity contribution is 0.271. The minimum atomic E-state index is 0.311. The second-order valence-electron chi connectivity index (χ2n) is 2.31. The summed E-state index contributed by atoms with van der Waals surface area (Å²) in [4.78, 5) is 7.26. The van der Waals surface area contributed by atoms with Crippen LogP contribution in [0.1, 0.15) is 18.6 Å². The van der Waals surface area contributed by atoms with Crippen molar-refractivity contribution in [2.75, 3.05) is 6.61 Å². The largest absolute Gasteiger partial charge is 0.512 e. The van der Waals surface area contributed by atoms with Crippen molar-refractivity contribution >= 4 is 5.70 Å². The smallest absolute Gasteiger partial charge is 0.265 e. The molecule has 0 unspecified atom stereocenters. The molecule has 0 aromatic carbocycles. The van der Waals surface area contributed by atoms with Crippen LogP contribution in [-0.2, 0) is 4.74 Å². The summed E-state index contributed by atoms with van der Waals surface area (Å²) in [6, 6.07) is 0. The van der Waals surface area contributed by atoms with Crippen LogP contribution in [0.25, 0.3) is 10.5 Å². The summed E-state index contributed by atoms with van der Waals surface area (Å²) >= 11 is 0. The lowest BCUT2D eigenvalue weighted by atomic mass is 10.5. The monoisotopic (exact) mass is 178 g/mol. The van der Waals surface area contributed by atoms with Crippen LogP contribution in [0, 0.1) is 13.5 Å². The molecule has 0 radical (unpaired) electrons. The Balaban J connectivity index is 2.86. The molecule has 5 nitrogen and oxygen atoms in total. The van der Waals surface area contributed by atoms with E-state index in [0.717, 1.165) is 0 Å². The van der Waals surface area contributed by atoms with Gasteiger partial charge in [0.1, 0.15) is 5.82 Å². The van der Waals surface area contributed by atoms with Crippen LogP contribution < -0.4 is 0 Å². The topological polar surface area (TPSA) is 55.2 Å². The average Bonchev–Trinajstić information content (AvgIpc) is 2.54. The van der Waals surface area contributed by atoms with Crippen molar-refractivity contribution in [3.8, 4) is 0 Å². The van der Waals surface area contributed by atoms with Crippen LogP contribution in [0.2, 0.25) is 0 Å². The standard InChI is InChI=1S/C8H10N4O/c1-4-13-5-7(9-3)8-10-6(2)11-12-8/h5H,4H2,1-2H3,(H,10,11,12). The average molecular weight is 178 g/mol. The summed E-state index contributed by atoms with van der Waals surface area (Å²) < 4.78 is 4.98. The second kappa shape index (κ2) is 4.26. The van der Waals surface area contributed by atoms with Gasteiger partial charge in [-0.3, -0.25) is 5.10 Å². The van der Waals surface area contributed by atoms with Crippen LogP contribution in [0.3, 0.4) is 0 Å². The highest BCUT2D eigenvalue weighted by atomic mass is 16.5. The molecular formula is C8H10N4O. The first-order valence-electron chi connectivity index (χ1n) is 3.86. The first-order chi connectivity index (χ1) is 6.27. The van der Waals surface area contributed by atoms with E-state index in [4.69, 9.17) is 11.3 Å². The highest BCUT2D eigenvalue weighted by molar-refractivity contribution is 5.64. The van der Waals surface area contributed by atoms with Gasteiger partial charge in [0.25, 0.3) is 5.70 Å². The van der Waals surface area contributed by atoms with Gasteiger partial charge in [-0.1, -0.05) is 0 Å². The minimum absolute atomic E-state index is 0.311. The van der Waals surface area contributed by atoms with E-state index in [0.29, 0.717) is 24.0 Å². The highest BCUT2D eigenvalue weighted by Gasteiger charge is 2.06. The molecule has 1 N–H and O–H groups in total. The Kier molecular flexibility index (Phi) is 3.03. The van der Waals surface area contributed by atoms with Crippen LogP contribution in [0.4, 0.5) is 0 Å². The molecule has 1 aromatic heterocycles. The van der Waals surface area contributed by atoms with Crippen LogP contribution in [-0.4, -0.2) is 21.8 Å². The first kappa shape index (κ1) is 9.26. The van der Waals surface area contributed by atoms with Crippen molar-refractivity contribution in [1.82, 2.24) is 15.2 Å². The highest BCUT2D eigenvalue weighted by Crippen LogP contribution is 2.10. The van der Waals surface area contributed by atoms with Crippen LogP contribution in [0.15, 0.2) is 6.26 Å². The SMILES string of the molecule is [C-]#[N+]C(=COCC)c1n[nH]c(C)n1. The van der Waals surface area contributed by atoms with E-state index >= 15 is 0 Å². The van der Waals surface area contributed by atoms with Crippen molar-refractivity contribution in [3.05, 3.63) is 29.3 Å². The number of nitrogens with zero attached hydrogens (tertiary/aromatic N) is 3. The number of aromatic amines is 1. The molecule has 13 heavy (non-hydrogen) atoms. The molecule has 0 aliphatic carbocycles. The summed E-state index contributed by atoms with van der Waals surface area (Å²) in [6.45, 7) is 11.0. The number of nitrogens with one attached hydrogen (secondary N) is 1. The Hall–Kier alpha value is -1.83. The molecule has 1 aromatic rings. The maximum absolute atomic E-state index is 6.87. The lowest BCUT2D eigenvalue weighted by Crippen LogP contribution is -1.86. The second-order valence-corrected chi connectivity index (χ2v) is 2.31. The van der Waals surface area contributed by atoms with Gasteiger partial charge >= 0.3 is 0 Å². The van der Waals surface area contributed by atoms with Gasteiger partial charge in [0.2, 0.25) is 0 Å². The van der Waals surface area contributed by atoms with E-state index in [2.05, 4.69) is 20.0 Å². The fourth-order valence-electron chi connectivity index (χ4n) is 0.749. The summed E-state index contributed by atoms with van der Waals surface area (Å²) in [5, 5.41) is 6.50. The Bertz CT molecular complexity index is 347. The van der Waals surface area contributed by atoms with E-state index < -0.39 is 0 Å². The van der Waals surface area contributed by atoms with E-state index in [-0.39, 0.29) is 0 Å². The third-order valence-corrected chi connectivity index (χ3v) is 1.31. The molecule has 0 spiro atoms. The number of aromatic nitrogens is 3. The summed E-state index contributed by atoms with van der Waals surface area (Å²) in [5.41, 5.74) is 0.311. The lowest BCUT2D eigenvalue weighted by Gasteiger charge is -1.93. The molecule has 0 aliphatic rings. The Morgan fingerprint density at radius 1 is 1.77 bits per heavy atom. The molecular weight excluding hydrogens is 168 g/mol. The number of rotatable bonds is 3. The molecule has 0 saturated carbocycles. The third kappa shape index (κ3) is 2.30. The van der Waals surface area contributed by atoms with Crippen molar-refractivity contribution in [2.45, 2.75) is 13.8 Å². The van der Waals surface area contributed by atoms with Gasteiger partial charge in [0, 0.05) is 0 Å². The summed E-state index contributed by atoms with van der Waals surface area (Å²) in [5.74, 6) is 1.06. The normalized spacial score (nSPS) is 11.0.